The smallest absolute Gasteiger partial charge is 0.339 e. The van der Waals surface area contributed by atoms with Gasteiger partial charge in [-0.2, -0.15) is 4.98 Å². The number of carbonyl (C=O) groups excluding carboxylic acids is 4. The Morgan fingerprint density at radius 2 is 1.70 bits per heavy atom. The molecule has 6 rings (SSSR count). The van der Waals surface area contributed by atoms with Gasteiger partial charge in [0.15, 0.2) is 22.7 Å². The van der Waals surface area contributed by atoms with E-state index >= 15 is 0 Å². The molecular weight excluding hydrogens is 811 g/mol. The number of carbonyl (C=O) groups is 4. The molecule has 0 spiro atoms. The largest absolute Gasteiger partial charge is 0.493 e. The number of halogens is 3. The zero-order chi connectivity index (χ0) is 40.4. The molecule has 0 bridgehead atoms. The van der Waals surface area contributed by atoms with Crippen molar-refractivity contribution < 1.29 is 33.4 Å². The SMILES string of the molecule is CCCOC(=O)c1cc(NC(=O)CN2C(=O)SC(=Cc3ccc(Oc4nc5c(c(=O)n(C)c(=O)n5C)n4Cc4ccc(Cl)cc4Cl)c(OC)c3)C2=O)ccc1Cl. The Balaban J connectivity index is 1.23. The topological polar surface area (TPSA) is 173 Å². The number of fused-ring (bicyclic) bond motifs is 1. The molecule has 0 radical (unpaired) electrons. The van der Waals surface area contributed by atoms with Crippen molar-refractivity contribution in [2.75, 3.05) is 25.6 Å². The number of aryl methyl sites for hydroxylation is 1. The number of esters is 1. The number of imidazole rings is 1. The average molecular weight is 842 g/mol. The number of benzene rings is 3. The van der Waals surface area contributed by atoms with Crippen LogP contribution in [0.4, 0.5) is 10.5 Å². The van der Waals surface area contributed by atoms with Crippen LogP contribution < -0.4 is 26.0 Å². The molecule has 2 aromatic heterocycles. The molecule has 1 saturated heterocycles. The molecule has 19 heteroatoms. The molecule has 0 aliphatic carbocycles. The van der Waals surface area contributed by atoms with Crippen molar-refractivity contribution in [3.05, 3.63) is 112 Å². The van der Waals surface area contributed by atoms with Crippen LogP contribution >= 0.6 is 46.6 Å². The number of ether oxygens (including phenoxy) is 3. The maximum atomic E-state index is 13.4. The van der Waals surface area contributed by atoms with Gasteiger partial charge in [-0.05, 0) is 77.9 Å². The van der Waals surface area contributed by atoms with E-state index in [0.29, 0.717) is 39.4 Å². The maximum Gasteiger partial charge on any atom is 0.339 e. The predicted molar refractivity (Wildman–Crippen MR) is 212 cm³/mol. The highest BCUT2D eigenvalue weighted by molar-refractivity contribution is 8.18. The summed E-state index contributed by atoms with van der Waals surface area (Å²) in [6, 6.07) is 13.8. The van der Waals surface area contributed by atoms with Gasteiger partial charge in [0, 0.05) is 29.8 Å². The molecular formula is C37H31Cl3N6O9S. The number of imide groups is 1. The molecule has 1 aliphatic rings. The first kappa shape index (κ1) is 40.1. The number of hydrogen-bond acceptors (Lipinski definition) is 11. The zero-order valence-electron chi connectivity index (χ0n) is 30.1. The quantitative estimate of drug-likeness (QED) is 0.108. The summed E-state index contributed by atoms with van der Waals surface area (Å²) in [7, 11) is 4.23. The van der Waals surface area contributed by atoms with Crippen LogP contribution in [0.2, 0.25) is 15.1 Å². The lowest BCUT2D eigenvalue weighted by Gasteiger charge is -2.14. The van der Waals surface area contributed by atoms with Gasteiger partial charge in [-0.3, -0.25) is 37.8 Å². The third kappa shape index (κ3) is 8.18. The summed E-state index contributed by atoms with van der Waals surface area (Å²) < 4.78 is 20.6. The first-order valence-electron chi connectivity index (χ1n) is 16.7. The summed E-state index contributed by atoms with van der Waals surface area (Å²) in [6.07, 6.45) is 2.07. The Labute approximate surface area is 337 Å². The van der Waals surface area contributed by atoms with Gasteiger partial charge in [-0.1, -0.05) is 53.9 Å². The molecule has 1 N–H and O–H groups in total. The number of nitrogens with zero attached hydrogens (tertiary/aromatic N) is 5. The van der Waals surface area contributed by atoms with Gasteiger partial charge < -0.3 is 19.5 Å². The highest BCUT2D eigenvalue weighted by atomic mass is 35.5. The van der Waals surface area contributed by atoms with Crippen LogP contribution in [0.3, 0.4) is 0 Å². The number of methoxy groups -OCH3 is 1. The van der Waals surface area contributed by atoms with Crippen molar-refractivity contribution in [2.24, 2.45) is 14.1 Å². The lowest BCUT2D eigenvalue weighted by Crippen LogP contribution is -2.37. The predicted octanol–water partition coefficient (Wildman–Crippen LogP) is 6.48. The fourth-order valence-electron chi connectivity index (χ4n) is 5.59. The Morgan fingerprint density at radius 3 is 2.41 bits per heavy atom. The molecule has 0 saturated carbocycles. The van der Waals surface area contributed by atoms with Crippen LogP contribution in [0.1, 0.15) is 34.8 Å². The van der Waals surface area contributed by atoms with E-state index in [1.54, 1.807) is 30.3 Å². The highest BCUT2D eigenvalue weighted by Gasteiger charge is 2.36. The Kier molecular flexibility index (Phi) is 11.9. The summed E-state index contributed by atoms with van der Waals surface area (Å²) in [5.74, 6) is -1.67. The molecule has 15 nitrogen and oxygen atoms in total. The molecule has 56 heavy (non-hydrogen) atoms. The van der Waals surface area contributed by atoms with E-state index in [-0.39, 0.29) is 63.0 Å². The number of amides is 3. The second-order valence-corrected chi connectivity index (χ2v) is 14.5. The van der Waals surface area contributed by atoms with E-state index in [2.05, 4.69) is 10.3 Å². The van der Waals surface area contributed by atoms with E-state index in [1.165, 1.54) is 60.7 Å². The van der Waals surface area contributed by atoms with E-state index in [1.807, 2.05) is 6.92 Å². The number of rotatable bonds is 12. The summed E-state index contributed by atoms with van der Waals surface area (Å²) in [5, 5.41) is 2.79. The van der Waals surface area contributed by atoms with Crippen LogP contribution in [0.15, 0.2) is 69.1 Å². The second kappa shape index (κ2) is 16.7. The zero-order valence-corrected chi connectivity index (χ0v) is 33.1. The van der Waals surface area contributed by atoms with Crippen LogP contribution in [0, 0.1) is 0 Å². The highest BCUT2D eigenvalue weighted by Crippen LogP contribution is 2.37. The normalized spacial score (nSPS) is 13.5. The van der Waals surface area contributed by atoms with Crippen LogP contribution in [0.5, 0.6) is 17.5 Å². The van der Waals surface area contributed by atoms with Crippen LogP contribution in [0.25, 0.3) is 17.2 Å². The van der Waals surface area contributed by atoms with Gasteiger partial charge in [0.05, 0.1) is 35.8 Å². The van der Waals surface area contributed by atoms with Crippen molar-refractivity contribution in [3.63, 3.8) is 0 Å². The van der Waals surface area contributed by atoms with Crippen molar-refractivity contribution >= 4 is 92.5 Å². The summed E-state index contributed by atoms with van der Waals surface area (Å²) in [4.78, 5) is 82.9. The van der Waals surface area contributed by atoms with Crippen molar-refractivity contribution in [3.8, 4) is 17.5 Å². The first-order valence-corrected chi connectivity index (χ1v) is 18.6. The molecule has 290 valence electrons. The van der Waals surface area contributed by atoms with Gasteiger partial charge in [-0.15, -0.1) is 0 Å². The molecule has 0 atom stereocenters. The number of thioether (sulfide) groups is 1. The van der Waals surface area contributed by atoms with Gasteiger partial charge in [-0.25, -0.2) is 9.59 Å². The minimum atomic E-state index is -0.698. The van der Waals surface area contributed by atoms with E-state index in [0.717, 1.165) is 9.47 Å². The lowest BCUT2D eigenvalue weighted by atomic mass is 10.2. The number of nitrogens with one attached hydrogen (secondary N) is 1. The maximum absolute atomic E-state index is 13.4. The summed E-state index contributed by atoms with van der Waals surface area (Å²) in [6.45, 7) is 1.48. The summed E-state index contributed by atoms with van der Waals surface area (Å²) >= 11 is 19.4. The van der Waals surface area contributed by atoms with E-state index in [9.17, 15) is 28.8 Å². The molecule has 3 aromatic carbocycles. The Hall–Kier alpha value is -5.55. The molecule has 1 fully saturated rings. The summed E-state index contributed by atoms with van der Waals surface area (Å²) in [5.41, 5.74) is 0.279. The minimum Gasteiger partial charge on any atom is -0.493 e. The molecule has 3 heterocycles. The van der Waals surface area contributed by atoms with Gasteiger partial charge in [0.1, 0.15) is 6.54 Å². The number of hydrogen-bond donors (Lipinski definition) is 1. The van der Waals surface area contributed by atoms with Gasteiger partial charge in [0.2, 0.25) is 5.91 Å². The number of aromatic nitrogens is 4. The standard InChI is InChI=1S/C37H31Cl3N6O9S/c1-5-12-54-34(50)23-16-22(9-10-24(23)39)41-29(47)18-46-32(48)28(56-37(46)52)14-19-6-11-26(27(13-19)53-4)55-35-42-31-30(33(49)44(3)36(51)43(31)2)45(35)17-20-7-8-21(38)15-25(20)40/h6-11,13-16H,5,12,17-18H2,1-4H3,(H,41,47). The lowest BCUT2D eigenvalue weighted by molar-refractivity contribution is -0.127. The average Bonchev–Trinajstić information content (AvgIpc) is 3.65. The third-order valence-corrected chi connectivity index (χ3v) is 10.2. The molecule has 3 amide bonds. The Morgan fingerprint density at radius 1 is 0.929 bits per heavy atom. The molecule has 5 aromatic rings. The molecule has 1 aliphatic heterocycles. The van der Waals surface area contributed by atoms with E-state index in [4.69, 9.17) is 49.0 Å². The second-order valence-electron chi connectivity index (χ2n) is 12.3. The fourth-order valence-corrected chi connectivity index (χ4v) is 7.09. The fraction of sp³-hybridized carbons (Fsp3) is 0.216. The van der Waals surface area contributed by atoms with Crippen LogP contribution in [-0.2, 0) is 35.0 Å². The van der Waals surface area contributed by atoms with Crippen molar-refractivity contribution in [1.29, 1.82) is 0 Å². The monoisotopic (exact) mass is 840 g/mol. The van der Waals surface area contributed by atoms with Crippen molar-refractivity contribution in [2.45, 2.75) is 19.9 Å². The number of anilines is 1. The third-order valence-electron chi connectivity index (χ3n) is 8.43. The van der Waals surface area contributed by atoms with E-state index < -0.39 is 40.8 Å². The molecule has 0 unspecified atom stereocenters. The first-order chi connectivity index (χ1) is 26.7. The van der Waals surface area contributed by atoms with Crippen LogP contribution in [-0.4, -0.2) is 66.9 Å². The van der Waals surface area contributed by atoms with Crippen molar-refractivity contribution in [1.82, 2.24) is 23.6 Å². The minimum absolute atomic E-state index is 0.0259. The Bertz CT molecular complexity index is 2600. The van der Waals surface area contributed by atoms with Gasteiger partial charge >= 0.3 is 17.7 Å². The van der Waals surface area contributed by atoms with Gasteiger partial charge in [0.25, 0.3) is 16.7 Å².